The minimum absolute atomic E-state index is 0.127. The lowest BCUT2D eigenvalue weighted by molar-refractivity contribution is 0.220. The summed E-state index contributed by atoms with van der Waals surface area (Å²) in [6, 6.07) is 0. The highest BCUT2D eigenvalue weighted by Crippen LogP contribution is 2.27. The summed E-state index contributed by atoms with van der Waals surface area (Å²) in [5.74, 6) is 0.796. The fourth-order valence-corrected chi connectivity index (χ4v) is 2.50. The molecular formula is C12H26N2. The van der Waals surface area contributed by atoms with Crippen LogP contribution in [0.2, 0.25) is 0 Å². The van der Waals surface area contributed by atoms with Gasteiger partial charge in [-0.15, -0.1) is 0 Å². The average Bonchev–Trinajstić information content (AvgIpc) is 2.51. The zero-order valence-electron chi connectivity index (χ0n) is 10.1. The van der Waals surface area contributed by atoms with Crippen molar-refractivity contribution in [2.75, 3.05) is 20.1 Å². The number of likely N-dealkylation sites (N-methyl/N-ethyl adjacent to an activating group) is 1. The van der Waals surface area contributed by atoms with E-state index in [2.05, 4.69) is 25.8 Å². The van der Waals surface area contributed by atoms with Crippen molar-refractivity contribution in [3.05, 3.63) is 0 Å². The van der Waals surface area contributed by atoms with Crippen LogP contribution in [0.25, 0.3) is 0 Å². The molecule has 1 atom stereocenters. The Balaban J connectivity index is 2.28. The van der Waals surface area contributed by atoms with Crippen molar-refractivity contribution < 1.29 is 0 Å². The summed E-state index contributed by atoms with van der Waals surface area (Å²) in [5, 5.41) is 0. The Kier molecular flexibility index (Phi) is 4.39. The molecule has 0 aromatic heterocycles. The van der Waals surface area contributed by atoms with Gasteiger partial charge in [-0.25, -0.2) is 0 Å². The molecule has 1 aliphatic rings. The highest BCUT2D eigenvalue weighted by molar-refractivity contribution is 4.91. The maximum Gasteiger partial charge on any atom is 0.0283 e. The molecule has 0 amide bonds. The van der Waals surface area contributed by atoms with E-state index >= 15 is 0 Å². The number of hydrogen-bond acceptors (Lipinski definition) is 2. The molecule has 1 aliphatic carbocycles. The van der Waals surface area contributed by atoms with E-state index in [4.69, 9.17) is 5.73 Å². The van der Waals surface area contributed by atoms with Gasteiger partial charge in [0.05, 0.1) is 0 Å². The fourth-order valence-electron chi connectivity index (χ4n) is 2.50. The lowest BCUT2D eigenvalue weighted by Crippen LogP contribution is -2.47. The van der Waals surface area contributed by atoms with Gasteiger partial charge in [0.15, 0.2) is 0 Å². The van der Waals surface area contributed by atoms with E-state index in [9.17, 15) is 0 Å². The van der Waals surface area contributed by atoms with E-state index in [1.807, 2.05) is 0 Å². The molecule has 2 N–H and O–H groups in total. The van der Waals surface area contributed by atoms with Gasteiger partial charge in [0.1, 0.15) is 0 Å². The molecule has 0 saturated heterocycles. The van der Waals surface area contributed by atoms with E-state index in [0.29, 0.717) is 0 Å². The molecule has 1 fully saturated rings. The molecule has 2 nitrogen and oxygen atoms in total. The monoisotopic (exact) mass is 198 g/mol. The second kappa shape index (κ2) is 5.13. The molecule has 1 unspecified atom stereocenters. The molecule has 0 aromatic rings. The summed E-state index contributed by atoms with van der Waals surface area (Å²) in [4.78, 5) is 2.42. The van der Waals surface area contributed by atoms with E-state index in [1.54, 1.807) is 0 Å². The zero-order valence-corrected chi connectivity index (χ0v) is 10.1. The van der Waals surface area contributed by atoms with Crippen LogP contribution in [0.4, 0.5) is 0 Å². The first-order chi connectivity index (χ1) is 6.56. The third-order valence-electron chi connectivity index (χ3n) is 3.50. The summed E-state index contributed by atoms with van der Waals surface area (Å²) >= 11 is 0. The average molecular weight is 198 g/mol. The van der Waals surface area contributed by atoms with Crippen LogP contribution in [-0.2, 0) is 0 Å². The predicted molar refractivity (Wildman–Crippen MR) is 62.3 cm³/mol. The normalized spacial score (nSPS) is 22.9. The van der Waals surface area contributed by atoms with Crippen LogP contribution in [0.5, 0.6) is 0 Å². The van der Waals surface area contributed by atoms with Crippen LogP contribution in [0.1, 0.15) is 46.0 Å². The van der Waals surface area contributed by atoms with Crippen molar-refractivity contribution in [3.8, 4) is 0 Å². The van der Waals surface area contributed by atoms with E-state index < -0.39 is 0 Å². The Hall–Kier alpha value is -0.0800. The fraction of sp³-hybridized carbons (Fsp3) is 1.00. The van der Waals surface area contributed by atoms with Gasteiger partial charge in [-0.2, -0.15) is 0 Å². The first-order valence-corrected chi connectivity index (χ1v) is 6.03. The van der Waals surface area contributed by atoms with Crippen LogP contribution < -0.4 is 5.73 Å². The molecule has 1 saturated carbocycles. The number of nitrogens with zero attached hydrogens (tertiary/aromatic N) is 1. The molecule has 14 heavy (non-hydrogen) atoms. The number of nitrogens with two attached hydrogens (primary N) is 1. The molecule has 84 valence electrons. The van der Waals surface area contributed by atoms with Gasteiger partial charge in [0.25, 0.3) is 0 Å². The Morgan fingerprint density at radius 2 is 1.93 bits per heavy atom. The first kappa shape index (κ1) is 12.0. The van der Waals surface area contributed by atoms with Crippen LogP contribution >= 0.6 is 0 Å². The third kappa shape index (κ3) is 3.58. The van der Waals surface area contributed by atoms with Crippen molar-refractivity contribution in [2.24, 2.45) is 11.7 Å². The molecule has 0 heterocycles. The lowest BCUT2D eigenvalue weighted by Gasteiger charge is -2.31. The highest BCUT2D eigenvalue weighted by Gasteiger charge is 2.30. The largest absolute Gasteiger partial charge is 0.324 e. The summed E-state index contributed by atoms with van der Waals surface area (Å²) in [6.45, 7) is 6.84. The first-order valence-electron chi connectivity index (χ1n) is 6.03. The quantitative estimate of drug-likeness (QED) is 0.734. The minimum atomic E-state index is 0.127. The van der Waals surface area contributed by atoms with Gasteiger partial charge < -0.3 is 10.6 Å². The van der Waals surface area contributed by atoms with Gasteiger partial charge in [0, 0.05) is 18.6 Å². The standard InChI is InChI=1S/C12H26N2/c1-4-11(2)9-14(3)10-12(13)7-5-6-8-12/h11H,4-10,13H2,1-3H3. The highest BCUT2D eigenvalue weighted by atomic mass is 15.1. The van der Waals surface area contributed by atoms with Crippen LogP contribution in [0.15, 0.2) is 0 Å². The smallest absolute Gasteiger partial charge is 0.0283 e. The van der Waals surface area contributed by atoms with Crippen molar-refractivity contribution in [3.63, 3.8) is 0 Å². The number of rotatable bonds is 5. The number of hydrogen-bond donors (Lipinski definition) is 1. The molecule has 0 radical (unpaired) electrons. The summed E-state index contributed by atoms with van der Waals surface area (Å²) in [7, 11) is 2.21. The Morgan fingerprint density at radius 3 is 2.43 bits per heavy atom. The maximum absolute atomic E-state index is 6.34. The minimum Gasteiger partial charge on any atom is -0.324 e. The Morgan fingerprint density at radius 1 is 1.36 bits per heavy atom. The van der Waals surface area contributed by atoms with E-state index in [-0.39, 0.29) is 5.54 Å². The van der Waals surface area contributed by atoms with Crippen LogP contribution in [0, 0.1) is 5.92 Å². The van der Waals surface area contributed by atoms with Crippen molar-refractivity contribution in [2.45, 2.75) is 51.5 Å². The molecule has 0 spiro atoms. The van der Waals surface area contributed by atoms with Crippen molar-refractivity contribution in [1.29, 1.82) is 0 Å². The molecule has 2 heteroatoms. The van der Waals surface area contributed by atoms with Gasteiger partial charge >= 0.3 is 0 Å². The second-order valence-corrected chi connectivity index (χ2v) is 5.28. The van der Waals surface area contributed by atoms with Crippen LogP contribution in [-0.4, -0.2) is 30.6 Å². The van der Waals surface area contributed by atoms with Gasteiger partial charge in [-0.3, -0.25) is 0 Å². The lowest BCUT2D eigenvalue weighted by atomic mass is 9.98. The second-order valence-electron chi connectivity index (χ2n) is 5.28. The van der Waals surface area contributed by atoms with E-state index in [1.165, 1.54) is 38.6 Å². The molecule has 1 rings (SSSR count). The predicted octanol–water partition coefficient (Wildman–Crippen LogP) is 2.24. The van der Waals surface area contributed by atoms with Crippen molar-refractivity contribution >= 4 is 0 Å². The van der Waals surface area contributed by atoms with Crippen molar-refractivity contribution in [1.82, 2.24) is 4.90 Å². The third-order valence-corrected chi connectivity index (χ3v) is 3.50. The van der Waals surface area contributed by atoms with E-state index in [0.717, 1.165) is 12.5 Å². The summed E-state index contributed by atoms with van der Waals surface area (Å²) in [6.07, 6.45) is 6.36. The van der Waals surface area contributed by atoms with Crippen LogP contribution in [0.3, 0.4) is 0 Å². The molecule has 0 aliphatic heterocycles. The Bertz CT molecular complexity index is 162. The summed E-state index contributed by atoms with van der Waals surface area (Å²) in [5.41, 5.74) is 6.46. The van der Waals surface area contributed by atoms with Gasteiger partial charge in [-0.05, 0) is 25.8 Å². The molecular weight excluding hydrogens is 172 g/mol. The zero-order chi connectivity index (χ0) is 10.6. The summed E-state index contributed by atoms with van der Waals surface area (Å²) < 4.78 is 0. The van der Waals surface area contributed by atoms with Gasteiger partial charge in [0.2, 0.25) is 0 Å². The SMILES string of the molecule is CCC(C)CN(C)CC1(N)CCCC1. The van der Waals surface area contributed by atoms with Gasteiger partial charge in [-0.1, -0.05) is 33.1 Å². The molecule has 0 aromatic carbocycles. The topological polar surface area (TPSA) is 29.3 Å². The Labute approximate surface area is 88.8 Å². The molecule has 0 bridgehead atoms. The maximum atomic E-state index is 6.34.